The van der Waals surface area contributed by atoms with Crippen LogP contribution in [0.1, 0.15) is 37.0 Å². The van der Waals surface area contributed by atoms with E-state index in [1.807, 2.05) is 19.2 Å². The summed E-state index contributed by atoms with van der Waals surface area (Å²) in [6, 6.07) is 7.46. The Balaban J connectivity index is 1.54. The van der Waals surface area contributed by atoms with Gasteiger partial charge >= 0.3 is 0 Å². The number of aryl methyl sites for hydroxylation is 2. The van der Waals surface area contributed by atoms with E-state index in [9.17, 15) is 9.18 Å². The molecule has 0 radical (unpaired) electrons. The zero-order chi connectivity index (χ0) is 24.0. The second kappa shape index (κ2) is 8.64. The highest BCUT2D eigenvalue weighted by molar-refractivity contribution is 6.14. The zero-order valence-corrected chi connectivity index (χ0v) is 19.8. The number of nitrogens with zero attached hydrogens (tertiary/aromatic N) is 5. The van der Waals surface area contributed by atoms with E-state index in [4.69, 9.17) is 4.98 Å². The molecule has 0 bridgehead atoms. The van der Waals surface area contributed by atoms with Crippen LogP contribution in [0.5, 0.6) is 0 Å². The maximum atomic E-state index is 14.5. The van der Waals surface area contributed by atoms with Gasteiger partial charge in [0.15, 0.2) is 5.82 Å². The molecule has 0 saturated carbocycles. The Kier molecular flexibility index (Phi) is 5.65. The van der Waals surface area contributed by atoms with Gasteiger partial charge in [-0.2, -0.15) is 5.10 Å². The van der Waals surface area contributed by atoms with E-state index in [0.29, 0.717) is 46.5 Å². The summed E-state index contributed by atoms with van der Waals surface area (Å²) in [5.74, 6) is -0.156. The van der Waals surface area contributed by atoms with Crippen LogP contribution in [-0.4, -0.2) is 50.8 Å². The lowest BCUT2D eigenvalue weighted by atomic mass is 10.0. The third-order valence-corrected chi connectivity index (χ3v) is 6.17. The average molecular weight is 462 g/mol. The SMILES string of the molecule is CCc1ncc2c(N3C[C@@H](C)N[C@H](C)C3)ccc(C(=O)Nc3cc(F)c4nn(C)cc4c3)c2n1. The lowest BCUT2D eigenvalue weighted by Crippen LogP contribution is -2.54. The number of halogens is 1. The molecule has 0 unspecified atom stereocenters. The van der Waals surface area contributed by atoms with Gasteiger partial charge in [0.25, 0.3) is 5.91 Å². The molecular weight excluding hydrogens is 433 g/mol. The van der Waals surface area contributed by atoms with Crippen molar-refractivity contribution >= 4 is 39.1 Å². The third kappa shape index (κ3) is 4.07. The van der Waals surface area contributed by atoms with Crippen molar-refractivity contribution < 1.29 is 9.18 Å². The highest BCUT2D eigenvalue weighted by Gasteiger charge is 2.24. The van der Waals surface area contributed by atoms with Crippen LogP contribution in [0.4, 0.5) is 15.8 Å². The number of carbonyl (C=O) groups is 1. The summed E-state index contributed by atoms with van der Waals surface area (Å²) in [5, 5.41) is 12.0. The van der Waals surface area contributed by atoms with Crippen molar-refractivity contribution in [2.75, 3.05) is 23.3 Å². The van der Waals surface area contributed by atoms with Crippen molar-refractivity contribution in [3.8, 4) is 0 Å². The highest BCUT2D eigenvalue weighted by Crippen LogP contribution is 2.30. The normalized spacial score (nSPS) is 18.6. The van der Waals surface area contributed by atoms with Crippen LogP contribution in [0, 0.1) is 5.82 Å². The fourth-order valence-corrected chi connectivity index (χ4v) is 4.78. The summed E-state index contributed by atoms with van der Waals surface area (Å²) in [4.78, 5) is 24.9. The number of hydrogen-bond donors (Lipinski definition) is 2. The monoisotopic (exact) mass is 461 g/mol. The minimum atomic E-state index is -0.480. The molecule has 9 heteroatoms. The number of aromatic nitrogens is 4. The van der Waals surface area contributed by atoms with Crippen LogP contribution in [0.25, 0.3) is 21.8 Å². The predicted octanol–water partition coefficient (Wildman–Crippen LogP) is 3.66. The first-order chi connectivity index (χ1) is 16.3. The van der Waals surface area contributed by atoms with Gasteiger partial charge in [0.05, 0.1) is 11.1 Å². The molecule has 1 saturated heterocycles. The molecule has 4 aromatic rings. The Labute approximate surface area is 197 Å². The van der Waals surface area contributed by atoms with Crippen molar-refractivity contribution in [2.45, 2.75) is 39.3 Å². The fraction of sp³-hybridized carbons (Fsp3) is 0.360. The van der Waals surface area contributed by atoms with Gasteiger partial charge in [-0.25, -0.2) is 14.4 Å². The lowest BCUT2D eigenvalue weighted by molar-refractivity contribution is 0.102. The van der Waals surface area contributed by atoms with E-state index in [0.717, 1.165) is 24.2 Å². The van der Waals surface area contributed by atoms with Gasteiger partial charge in [-0.05, 0) is 38.1 Å². The average Bonchev–Trinajstić information content (AvgIpc) is 3.18. The molecule has 5 rings (SSSR count). The van der Waals surface area contributed by atoms with Gasteiger partial charge in [0.2, 0.25) is 0 Å². The van der Waals surface area contributed by atoms with Gasteiger partial charge in [-0.15, -0.1) is 0 Å². The molecule has 176 valence electrons. The Bertz CT molecular complexity index is 1390. The third-order valence-electron chi connectivity index (χ3n) is 6.17. The standard InChI is InChI=1S/C25H28FN7O/c1-5-22-27-10-19-21(33-11-14(2)28-15(3)12-33)7-6-18(24(19)30-22)25(34)29-17-8-16-13-32(4)31-23(16)20(26)9-17/h6-10,13-15,28H,5,11-12H2,1-4H3,(H,29,34)/t14-,15-/m1/s1. The molecule has 1 fully saturated rings. The van der Waals surface area contributed by atoms with E-state index in [1.54, 1.807) is 30.1 Å². The van der Waals surface area contributed by atoms with Crippen molar-refractivity contribution in [3.63, 3.8) is 0 Å². The van der Waals surface area contributed by atoms with Gasteiger partial charge in [0.1, 0.15) is 11.3 Å². The Morgan fingerprint density at radius 2 is 1.97 bits per heavy atom. The molecule has 1 amide bonds. The fourth-order valence-electron chi connectivity index (χ4n) is 4.78. The molecule has 1 aliphatic rings. The summed E-state index contributed by atoms with van der Waals surface area (Å²) in [5.41, 5.74) is 2.68. The molecule has 2 aromatic carbocycles. The van der Waals surface area contributed by atoms with Crippen molar-refractivity contribution in [1.82, 2.24) is 25.1 Å². The minimum Gasteiger partial charge on any atom is -0.368 e. The van der Waals surface area contributed by atoms with Gasteiger partial charge < -0.3 is 15.5 Å². The quantitative estimate of drug-likeness (QED) is 0.482. The summed E-state index contributed by atoms with van der Waals surface area (Å²) in [7, 11) is 1.73. The minimum absolute atomic E-state index is 0.273. The second-order valence-electron chi connectivity index (χ2n) is 9.06. The largest absolute Gasteiger partial charge is 0.368 e. The van der Waals surface area contributed by atoms with Crippen LogP contribution in [0.2, 0.25) is 0 Å². The van der Waals surface area contributed by atoms with Crippen molar-refractivity contribution in [2.24, 2.45) is 7.05 Å². The second-order valence-corrected chi connectivity index (χ2v) is 9.06. The number of benzene rings is 2. The molecule has 8 nitrogen and oxygen atoms in total. The van der Waals surface area contributed by atoms with E-state index in [2.05, 4.69) is 39.5 Å². The molecule has 2 N–H and O–H groups in total. The first-order valence-electron chi connectivity index (χ1n) is 11.6. The zero-order valence-electron chi connectivity index (χ0n) is 19.8. The smallest absolute Gasteiger partial charge is 0.257 e. The molecule has 0 aliphatic carbocycles. The van der Waals surface area contributed by atoms with Gasteiger partial charge in [-0.1, -0.05) is 6.92 Å². The Morgan fingerprint density at radius 1 is 1.21 bits per heavy atom. The first kappa shape index (κ1) is 22.2. The van der Waals surface area contributed by atoms with Gasteiger partial charge in [0, 0.05) is 73.2 Å². The summed E-state index contributed by atoms with van der Waals surface area (Å²) in [6.07, 6.45) is 4.19. The topological polar surface area (TPSA) is 88.0 Å². The summed E-state index contributed by atoms with van der Waals surface area (Å²) < 4.78 is 16.1. The molecule has 0 spiro atoms. The molecule has 1 aliphatic heterocycles. The molecule has 2 aromatic heterocycles. The number of anilines is 2. The van der Waals surface area contributed by atoms with Crippen LogP contribution in [0.15, 0.2) is 36.7 Å². The van der Waals surface area contributed by atoms with E-state index in [1.165, 1.54) is 6.07 Å². The van der Waals surface area contributed by atoms with Crippen molar-refractivity contribution in [3.05, 3.63) is 53.9 Å². The van der Waals surface area contributed by atoms with Crippen LogP contribution in [0.3, 0.4) is 0 Å². The maximum absolute atomic E-state index is 14.5. The maximum Gasteiger partial charge on any atom is 0.257 e. The van der Waals surface area contributed by atoms with Crippen LogP contribution >= 0.6 is 0 Å². The van der Waals surface area contributed by atoms with Crippen LogP contribution < -0.4 is 15.5 Å². The molecule has 3 heterocycles. The predicted molar refractivity (Wildman–Crippen MR) is 132 cm³/mol. The number of piperazine rings is 1. The van der Waals surface area contributed by atoms with E-state index < -0.39 is 5.82 Å². The van der Waals surface area contributed by atoms with E-state index >= 15 is 0 Å². The highest BCUT2D eigenvalue weighted by atomic mass is 19.1. The van der Waals surface area contributed by atoms with Gasteiger partial charge in [-0.3, -0.25) is 9.48 Å². The molecule has 34 heavy (non-hydrogen) atoms. The lowest BCUT2D eigenvalue weighted by Gasteiger charge is -2.38. The number of rotatable bonds is 4. The molecule has 2 atom stereocenters. The first-order valence-corrected chi connectivity index (χ1v) is 11.6. The van der Waals surface area contributed by atoms with Crippen molar-refractivity contribution in [1.29, 1.82) is 0 Å². The van der Waals surface area contributed by atoms with Crippen LogP contribution in [-0.2, 0) is 13.5 Å². The Hall–Kier alpha value is -3.59. The Morgan fingerprint density at radius 3 is 2.71 bits per heavy atom. The molecular formula is C25H28FN7O. The number of fused-ring (bicyclic) bond motifs is 2. The number of hydrogen-bond acceptors (Lipinski definition) is 6. The number of carbonyl (C=O) groups excluding carboxylic acids is 1. The summed E-state index contributed by atoms with van der Waals surface area (Å²) in [6.45, 7) is 8.01. The summed E-state index contributed by atoms with van der Waals surface area (Å²) >= 11 is 0. The number of amides is 1. The van der Waals surface area contributed by atoms with E-state index in [-0.39, 0.29) is 11.4 Å². The number of nitrogens with one attached hydrogen (secondary N) is 2.